The lowest BCUT2D eigenvalue weighted by Crippen LogP contribution is -2.34. The number of oxazole rings is 1. The Kier molecular flexibility index (Phi) is 10.3. The van der Waals surface area contributed by atoms with Crippen molar-refractivity contribution in [3.8, 4) is 23.0 Å². The third kappa shape index (κ3) is 8.57. The predicted octanol–water partition coefficient (Wildman–Crippen LogP) is 4.97. The summed E-state index contributed by atoms with van der Waals surface area (Å²) in [6.45, 7) is -1.27. The van der Waals surface area contributed by atoms with Crippen LogP contribution in [0.1, 0.15) is 53.7 Å². The lowest BCUT2D eigenvalue weighted by Gasteiger charge is -2.19. The zero-order valence-corrected chi connectivity index (χ0v) is 23.5. The normalized spacial score (nSPS) is 14.7. The third-order valence-corrected chi connectivity index (χ3v) is 6.91. The van der Waals surface area contributed by atoms with E-state index in [2.05, 4.69) is 15.0 Å². The number of carbonyl (C=O) groups is 1. The molecular weight excluding hydrogens is 594 g/mol. The molecule has 3 aromatic rings. The number of carbonyl (C=O) groups excluding carboxylic acids is 1. The maximum absolute atomic E-state index is 14.5. The maximum atomic E-state index is 14.5. The lowest BCUT2D eigenvalue weighted by atomic mass is 10.1. The van der Waals surface area contributed by atoms with Crippen molar-refractivity contribution in [2.75, 3.05) is 18.6 Å². The summed E-state index contributed by atoms with van der Waals surface area (Å²) in [5.74, 6) is -3.57. The van der Waals surface area contributed by atoms with Crippen molar-refractivity contribution in [2.45, 2.75) is 38.5 Å². The summed E-state index contributed by atoms with van der Waals surface area (Å²) in [5.41, 5.74) is 5.68. The van der Waals surface area contributed by atoms with Crippen molar-refractivity contribution in [3.05, 3.63) is 65.1 Å². The van der Waals surface area contributed by atoms with E-state index < -0.39 is 51.8 Å². The molecule has 0 bridgehead atoms. The molecule has 0 unspecified atom stereocenters. The van der Waals surface area contributed by atoms with E-state index >= 15 is 0 Å². The quantitative estimate of drug-likeness (QED) is 0.271. The summed E-state index contributed by atoms with van der Waals surface area (Å²) in [5, 5.41) is 2.42. The first-order chi connectivity index (χ1) is 18.8. The Bertz CT molecular complexity index is 1500. The number of ether oxygens (including phenoxy) is 2. The average Bonchev–Trinajstić information content (AvgIpc) is 3.56. The highest BCUT2D eigenvalue weighted by atomic mass is 35.5. The van der Waals surface area contributed by atoms with E-state index in [0.29, 0.717) is 18.6 Å². The van der Waals surface area contributed by atoms with Crippen molar-refractivity contribution in [2.24, 2.45) is 11.7 Å². The Morgan fingerprint density at radius 2 is 1.88 bits per heavy atom. The van der Waals surface area contributed by atoms with E-state index in [1.54, 1.807) is 0 Å². The van der Waals surface area contributed by atoms with Gasteiger partial charge in [-0.15, -0.1) is 12.4 Å². The van der Waals surface area contributed by atoms with Gasteiger partial charge >= 0.3 is 6.61 Å². The van der Waals surface area contributed by atoms with Gasteiger partial charge in [-0.05, 0) is 49.9 Å². The Balaban J connectivity index is 0.00000462. The van der Waals surface area contributed by atoms with Gasteiger partial charge in [0.1, 0.15) is 21.5 Å². The smallest absolute Gasteiger partial charge is 0.387 e. The van der Waals surface area contributed by atoms with Gasteiger partial charge < -0.3 is 24.9 Å². The Hall–Kier alpha value is -3.36. The SMILES string of the molecule is C[C@H](N)c1oc(-c2ccc(OC(F)F)c(OCC3CC3)c2)nc1C(=O)N[C@@H](CS(C)(=O)=O)c1ccc(F)cc1F.Cl. The van der Waals surface area contributed by atoms with Gasteiger partial charge in [0.25, 0.3) is 5.91 Å². The van der Waals surface area contributed by atoms with Gasteiger partial charge in [-0.2, -0.15) is 8.78 Å². The first-order valence-corrected chi connectivity index (χ1v) is 14.3. The molecule has 15 heteroatoms. The van der Waals surface area contributed by atoms with Crippen molar-refractivity contribution >= 4 is 28.2 Å². The van der Waals surface area contributed by atoms with Crippen molar-refractivity contribution in [3.63, 3.8) is 0 Å². The maximum Gasteiger partial charge on any atom is 0.387 e. The number of hydrogen-bond acceptors (Lipinski definition) is 8. The fraction of sp³-hybridized carbons (Fsp3) is 0.385. The molecule has 2 aromatic carbocycles. The zero-order chi connectivity index (χ0) is 29.2. The van der Waals surface area contributed by atoms with Crippen LogP contribution < -0.4 is 20.5 Å². The van der Waals surface area contributed by atoms with Crippen LogP contribution >= 0.6 is 12.4 Å². The standard InChI is InChI=1S/C26H27F4N3O6S.ClH/c1-13(31)23-22(24(34)32-19(12-40(2,35)36)17-7-6-16(27)10-18(17)28)33-25(39-23)15-5-8-20(38-26(29)30)21(9-15)37-11-14-3-4-14;/h5-10,13-14,19,26H,3-4,11-12,31H2,1-2H3,(H,32,34);1H/t13-,19-;/m0./s1. The molecule has 4 rings (SSSR count). The number of aromatic nitrogens is 1. The number of hydrogen-bond donors (Lipinski definition) is 2. The molecule has 0 spiro atoms. The highest BCUT2D eigenvalue weighted by Gasteiger charge is 2.29. The van der Waals surface area contributed by atoms with Crippen LogP contribution in [0.25, 0.3) is 11.5 Å². The fourth-order valence-electron chi connectivity index (χ4n) is 3.89. The molecule has 1 amide bonds. The van der Waals surface area contributed by atoms with Gasteiger partial charge in [0.2, 0.25) is 5.89 Å². The van der Waals surface area contributed by atoms with E-state index in [4.69, 9.17) is 14.9 Å². The molecule has 0 radical (unpaired) electrons. The monoisotopic (exact) mass is 621 g/mol. The topological polar surface area (TPSA) is 134 Å². The minimum atomic E-state index is -3.74. The van der Waals surface area contributed by atoms with Crippen LogP contribution in [0.15, 0.2) is 40.8 Å². The number of nitrogens with zero attached hydrogens (tertiary/aromatic N) is 1. The molecule has 1 aliphatic rings. The summed E-state index contributed by atoms with van der Waals surface area (Å²) in [4.78, 5) is 17.5. The Morgan fingerprint density at radius 1 is 1.17 bits per heavy atom. The first-order valence-electron chi connectivity index (χ1n) is 12.2. The first kappa shape index (κ1) is 32.2. The average molecular weight is 622 g/mol. The molecule has 2 atom stereocenters. The Labute approximate surface area is 239 Å². The Morgan fingerprint density at radius 3 is 2.46 bits per heavy atom. The zero-order valence-electron chi connectivity index (χ0n) is 21.9. The van der Waals surface area contributed by atoms with E-state index in [-0.39, 0.29) is 52.4 Å². The molecular formula is C26H28ClF4N3O6S. The number of sulfone groups is 1. The molecule has 1 fully saturated rings. The van der Waals surface area contributed by atoms with Gasteiger partial charge in [-0.1, -0.05) is 6.07 Å². The number of rotatable bonds is 12. The summed E-state index contributed by atoms with van der Waals surface area (Å²) < 4.78 is 93.8. The molecule has 224 valence electrons. The number of halogens is 5. The summed E-state index contributed by atoms with van der Waals surface area (Å²) in [6, 6.07) is 4.29. The van der Waals surface area contributed by atoms with Crippen molar-refractivity contribution < 1.29 is 44.7 Å². The second-order valence-electron chi connectivity index (χ2n) is 9.60. The highest BCUT2D eigenvalue weighted by Crippen LogP contribution is 2.37. The van der Waals surface area contributed by atoms with Crippen molar-refractivity contribution in [1.29, 1.82) is 0 Å². The van der Waals surface area contributed by atoms with Gasteiger partial charge in [0, 0.05) is 23.4 Å². The summed E-state index contributed by atoms with van der Waals surface area (Å²) in [7, 11) is -3.74. The third-order valence-electron chi connectivity index (χ3n) is 5.97. The van der Waals surface area contributed by atoms with Gasteiger partial charge in [-0.3, -0.25) is 4.79 Å². The van der Waals surface area contributed by atoms with E-state index in [1.807, 2.05) is 0 Å². The largest absolute Gasteiger partial charge is 0.489 e. The van der Waals surface area contributed by atoms with Gasteiger partial charge in [0.15, 0.2) is 23.0 Å². The summed E-state index contributed by atoms with van der Waals surface area (Å²) in [6.07, 6.45) is 2.82. The van der Waals surface area contributed by atoms with Crippen LogP contribution in [0.2, 0.25) is 0 Å². The van der Waals surface area contributed by atoms with Gasteiger partial charge in [0.05, 0.1) is 24.4 Å². The molecule has 0 aliphatic heterocycles. The van der Waals surface area contributed by atoms with Crippen LogP contribution in [-0.2, 0) is 9.84 Å². The minimum Gasteiger partial charge on any atom is -0.489 e. The highest BCUT2D eigenvalue weighted by molar-refractivity contribution is 7.90. The summed E-state index contributed by atoms with van der Waals surface area (Å²) >= 11 is 0. The molecule has 1 aliphatic carbocycles. The molecule has 1 aromatic heterocycles. The number of nitrogens with two attached hydrogens (primary N) is 1. The number of alkyl halides is 2. The van der Waals surface area contributed by atoms with E-state index in [9.17, 15) is 30.8 Å². The number of amides is 1. The number of nitrogens with one attached hydrogen (secondary N) is 1. The second kappa shape index (κ2) is 13.1. The number of benzene rings is 2. The van der Waals surface area contributed by atoms with Crippen LogP contribution in [0.3, 0.4) is 0 Å². The van der Waals surface area contributed by atoms with Crippen molar-refractivity contribution in [1.82, 2.24) is 10.3 Å². The van der Waals surface area contributed by atoms with Crippen LogP contribution in [0, 0.1) is 17.6 Å². The fourth-order valence-corrected chi connectivity index (χ4v) is 4.76. The van der Waals surface area contributed by atoms with E-state index in [1.165, 1.54) is 25.1 Å². The van der Waals surface area contributed by atoms with Crippen LogP contribution in [0.4, 0.5) is 17.6 Å². The second-order valence-corrected chi connectivity index (χ2v) is 11.8. The van der Waals surface area contributed by atoms with Crippen LogP contribution in [-0.4, -0.2) is 44.5 Å². The van der Waals surface area contributed by atoms with Crippen LogP contribution in [0.5, 0.6) is 11.5 Å². The van der Waals surface area contributed by atoms with Gasteiger partial charge in [-0.25, -0.2) is 22.2 Å². The lowest BCUT2D eigenvalue weighted by molar-refractivity contribution is -0.0515. The molecule has 1 saturated carbocycles. The molecule has 9 nitrogen and oxygen atoms in total. The molecule has 3 N–H and O–H groups in total. The molecule has 41 heavy (non-hydrogen) atoms. The molecule has 1 heterocycles. The predicted molar refractivity (Wildman–Crippen MR) is 143 cm³/mol. The van der Waals surface area contributed by atoms with E-state index in [0.717, 1.165) is 31.2 Å². The molecule has 0 saturated heterocycles. The minimum absolute atomic E-state index is 0.